The summed E-state index contributed by atoms with van der Waals surface area (Å²) in [4.78, 5) is 65.0. The summed E-state index contributed by atoms with van der Waals surface area (Å²) in [5.41, 5.74) is 0.515. The first-order valence-electron chi connectivity index (χ1n) is 18.2. The van der Waals surface area contributed by atoms with Gasteiger partial charge in [-0.1, -0.05) is 38.2 Å². The van der Waals surface area contributed by atoms with Gasteiger partial charge >= 0.3 is 12.1 Å². The summed E-state index contributed by atoms with van der Waals surface area (Å²) in [5, 5.41) is 16.6. The Morgan fingerprint density at radius 3 is 2.46 bits per heavy atom. The highest BCUT2D eigenvalue weighted by Crippen LogP contribution is 2.47. The molecule has 4 heterocycles. The van der Waals surface area contributed by atoms with Crippen molar-refractivity contribution in [3.8, 4) is 22.9 Å². The summed E-state index contributed by atoms with van der Waals surface area (Å²) in [6.45, 7) is 7.17. The Hall–Kier alpha value is -4.94. The van der Waals surface area contributed by atoms with E-state index in [1.54, 1.807) is 46.1 Å². The van der Waals surface area contributed by atoms with Crippen molar-refractivity contribution in [2.75, 3.05) is 13.7 Å². The molecule has 1 aromatic carbocycles. The number of alkyl carbamates (subject to hydrolysis) is 1. The third kappa shape index (κ3) is 8.24. The largest absolute Gasteiger partial charge is 0.497 e. The van der Waals surface area contributed by atoms with Gasteiger partial charge in [0, 0.05) is 29.6 Å². The van der Waals surface area contributed by atoms with E-state index in [0.29, 0.717) is 59.5 Å². The summed E-state index contributed by atoms with van der Waals surface area (Å²) in [7, 11) is 1.58. The summed E-state index contributed by atoms with van der Waals surface area (Å²) < 4.78 is 17.7. The van der Waals surface area contributed by atoms with Crippen LogP contribution in [0, 0.1) is 12.8 Å². The predicted octanol–water partition coefficient (Wildman–Crippen LogP) is 5.56. The molecule has 3 N–H and O–H groups in total. The number of carboxylic acid groups (broad SMARTS) is 1. The highest BCUT2D eigenvalue weighted by Gasteiger charge is 2.62. The van der Waals surface area contributed by atoms with Crippen LogP contribution in [-0.4, -0.2) is 86.8 Å². The molecule has 2 aliphatic heterocycles. The highest BCUT2D eigenvalue weighted by atomic mass is 16.6. The van der Waals surface area contributed by atoms with Gasteiger partial charge in [-0.2, -0.15) is 0 Å². The quantitative estimate of drug-likeness (QED) is 0.294. The van der Waals surface area contributed by atoms with Crippen LogP contribution in [0.5, 0.6) is 11.5 Å². The number of rotatable bonds is 6. The summed E-state index contributed by atoms with van der Waals surface area (Å²) in [6, 6.07) is 10.9. The lowest BCUT2D eigenvalue weighted by Gasteiger charge is -2.30. The molecular formula is C39H49N5O8. The number of methoxy groups -OCH3 is 1. The van der Waals surface area contributed by atoms with Crippen molar-refractivity contribution < 1.29 is 38.5 Å². The van der Waals surface area contributed by atoms with Gasteiger partial charge in [0.1, 0.15) is 40.8 Å². The number of fused-ring (bicyclic) bond motifs is 3. The number of amides is 3. The molecule has 3 aliphatic rings. The molecule has 1 aliphatic carbocycles. The topological polar surface area (TPSA) is 169 Å². The minimum absolute atomic E-state index is 0.0327. The molecule has 0 radical (unpaired) electrons. The first-order valence-corrected chi connectivity index (χ1v) is 18.2. The predicted molar refractivity (Wildman–Crippen MR) is 193 cm³/mol. The maximum Gasteiger partial charge on any atom is 0.408 e. The Kier molecular flexibility index (Phi) is 10.6. The third-order valence-corrected chi connectivity index (χ3v) is 10.1. The number of nitrogens with one attached hydrogen (secondary N) is 2. The van der Waals surface area contributed by atoms with Gasteiger partial charge in [-0.3, -0.25) is 14.6 Å². The van der Waals surface area contributed by atoms with Gasteiger partial charge in [-0.15, -0.1) is 0 Å². The number of carbonyl (C=O) groups excluding carboxylic acids is 3. The number of pyridine rings is 2. The lowest BCUT2D eigenvalue weighted by molar-refractivity contribution is -0.146. The number of aromatic nitrogens is 2. The maximum absolute atomic E-state index is 14.4. The number of aliphatic carboxylic acids is 1. The zero-order valence-corrected chi connectivity index (χ0v) is 30.6. The molecule has 3 aromatic rings. The lowest BCUT2D eigenvalue weighted by atomic mass is 10.0. The van der Waals surface area contributed by atoms with Crippen LogP contribution in [-0.2, 0) is 19.1 Å². The zero-order chi connectivity index (χ0) is 37.2. The van der Waals surface area contributed by atoms with Crippen LogP contribution in [0.15, 0.2) is 42.5 Å². The molecule has 52 heavy (non-hydrogen) atoms. The van der Waals surface area contributed by atoms with Crippen molar-refractivity contribution in [3.05, 3.63) is 48.2 Å². The minimum atomic E-state index is -1.37. The Balaban J connectivity index is 1.34. The van der Waals surface area contributed by atoms with E-state index in [1.165, 1.54) is 4.90 Å². The van der Waals surface area contributed by atoms with E-state index in [0.717, 1.165) is 31.4 Å². The number of carbonyl (C=O) groups is 4. The van der Waals surface area contributed by atoms with Crippen molar-refractivity contribution >= 4 is 34.8 Å². The van der Waals surface area contributed by atoms with Crippen molar-refractivity contribution in [3.63, 3.8) is 0 Å². The summed E-state index contributed by atoms with van der Waals surface area (Å²) >= 11 is 0. The molecule has 6 rings (SSSR count). The van der Waals surface area contributed by atoms with Gasteiger partial charge in [0.05, 0.1) is 30.6 Å². The number of nitrogens with zero attached hydrogens (tertiary/aromatic N) is 3. The molecule has 2 aromatic heterocycles. The first kappa shape index (κ1) is 36.8. The van der Waals surface area contributed by atoms with E-state index in [-0.39, 0.29) is 18.9 Å². The maximum atomic E-state index is 14.4. The fourth-order valence-electron chi connectivity index (χ4n) is 7.40. The van der Waals surface area contributed by atoms with Crippen LogP contribution in [0.1, 0.15) is 84.3 Å². The average Bonchev–Trinajstić information content (AvgIpc) is 3.62. The van der Waals surface area contributed by atoms with Crippen LogP contribution < -0.4 is 20.1 Å². The van der Waals surface area contributed by atoms with Gasteiger partial charge < -0.3 is 34.9 Å². The number of carboxylic acids is 1. The summed E-state index contributed by atoms with van der Waals surface area (Å²) in [5.74, 6) is -1.14. The van der Waals surface area contributed by atoms with E-state index >= 15 is 0 Å². The van der Waals surface area contributed by atoms with Crippen LogP contribution in [0.2, 0.25) is 0 Å². The van der Waals surface area contributed by atoms with Gasteiger partial charge in [-0.25, -0.2) is 14.6 Å². The standard InChI is InChI=1S/C39H49N5O8/c1-23-12-11-15-28(40-23)31-20-33(27-17-16-25(50-5)18-30(27)41-31)51-26-19-32-34(45)43-39(36(47)48)21-24(39)13-9-7-6-8-10-14-29(35(46)44(32)22-26)42-37(49)52-38(2,3)4/h11-12,15-18,20,24,26,29,32H,6-10,13-14,19,21-22H2,1-5H3,(H,42,49)(H,43,45)(H,47,48)/t24?,26-,29?,32?,39?/m1/s1. The Morgan fingerprint density at radius 2 is 1.75 bits per heavy atom. The van der Waals surface area contributed by atoms with Crippen molar-refractivity contribution in [2.45, 2.75) is 115 Å². The van der Waals surface area contributed by atoms with E-state index < -0.39 is 53.2 Å². The number of hydrogen-bond donors (Lipinski definition) is 3. The van der Waals surface area contributed by atoms with Gasteiger partial charge in [0.25, 0.3) is 0 Å². The number of hydrogen-bond acceptors (Lipinski definition) is 9. The molecule has 3 fully saturated rings. The van der Waals surface area contributed by atoms with Crippen molar-refractivity contribution in [1.82, 2.24) is 25.5 Å². The van der Waals surface area contributed by atoms with Crippen LogP contribution in [0.25, 0.3) is 22.3 Å². The first-order chi connectivity index (χ1) is 24.8. The molecule has 278 valence electrons. The van der Waals surface area contributed by atoms with Crippen molar-refractivity contribution in [2.24, 2.45) is 5.92 Å². The molecule has 0 spiro atoms. The lowest BCUT2D eigenvalue weighted by Crippen LogP contribution is -2.56. The van der Waals surface area contributed by atoms with E-state index in [4.69, 9.17) is 19.2 Å². The molecule has 4 unspecified atom stereocenters. The molecule has 0 bridgehead atoms. The van der Waals surface area contributed by atoms with E-state index in [1.807, 2.05) is 31.2 Å². The summed E-state index contributed by atoms with van der Waals surface area (Å²) in [6.07, 6.45) is 4.36. The second-order valence-electron chi connectivity index (χ2n) is 15.2. The Bertz CT molecular complexity index is 1840. The number of aryl methyl sites for hydroxylation is 1. The number of ether oxygens (including phenoxy) is 3. The molecule has 2 saturated heterocycles. The van der Waals surface area contributed by atoms with Gasteiger partial charge in [0.2, 0.25) is 11.8 Å². The Labute approximate surface area is 303 Å². The normalized spacial score (nSPS) is 25.5. The van der Waals surface area contributed by atoms with E-state index in [9.17, 15) is 24.3 Å². The number of benzene rings is 1. The SMILES string of the molecule is COc1ccc2c(O[C@@H]3CC4C(=O)NC5(C(=O)O)CC5CCCCCCCC(NC(=O)OC(C)(C)C)C(=O)N4C3)cc(-c3cccc(C)n3)nc2c1. The van der Waals surface area contributed by atoms with Gasteiger partial charge in [0.15, 0.2) is 0 Å². The minimum Gasteiger partial charge on any atom is -0.497 e. The van der Waals surface area contributed by atoms with Gasteiger partial charge in [-0.05, 0) is 77.1 Å². The second kappa shape index (κ2) is 15.0. The molecule has 5 atom stereocenters. The van der Waals surface area contributed by atoms with Crippen LogP contribution in [0.3, 0.4) is 0 Å². The molecule has 13 nitrogen and oxygen atoms in total. The van der Waals surface area contributed by atoms with E-state index in [2.05, 4.69) is 15.6 Å². The Morgan fingerprint density at radius 1 is 1.00 bits per heavy atom. The molecule has 3 amide bonds. The molecule has 13 heteroatoms. The fraction of sp³-hybridized carbons (Fsp3) is 0.538. The average molecular weight is 716 g/mol. The molecule has 1 saturated carbocycles. The fourth-order valence-corrected chi connectivity index (χ4v) is 7.40. The monoisotopic (exact) mass is 715 g/mol. The highest BCUT2D eigenvalue weighted by molar-refractivity contribution is 5.96. The van der Waals surface area contributed by atoms with Crippen LogP contribution >= 0.6 is 0 Å². The smallest absolute Gasteiger partial charge is 0.408 e. The zero-order valence-electron chi connectivity index (χ0n) is 30.6. The molecular weight excluding hydrogens is 666 g/mol. The van der Waals surface area contributed by atoms with Crippen LogP contribution in [0.4, 0.5) is 4.79 Å². The van der Waals surface area contributed by atoms with Crippen molar-refractivity contribution in [1.29, 1.82) is 0 Å². The second-order valence-corrected chi connectivity index (χ2v) is 15.2. The third-order valence-electron chi connectivity index (χ3n) is 10.1.